The summed E-state index contributed by atoms with van der Waals surface area (Å²) in [6.45, 7) is 0.368. The van der Waals surface area contributed by atoms with E-state index in [1.54, 1.807) is 11.0 Å². The zero-order valence-corrected chi connectivity index (χ0v) is 18.2. The lowest BCUT2D eigenvalue weighted by molar-refractivity contribution is -0.137. The Kier molecular flexibility index (Phi) is 5.86. The van der Waals surface area contributed by atoms with Crippen LogP contribution < -0.4 is 15.8 Å². The van der Waals surface area contributed by atoms with E-state index in [0.717, 1.165) is 12.1 Å². The van der Waals surface area contributed by atoms with Crippen LogP contribution in [0.25, 0.3) is 10.9 Å². The summed E-state index contributed by atoms with van der Waals surface area (Å²) in [7, 11) is 0. The smallest absolute Gasteiger partial charge is 0.393 e. The van der Waals surface area contributed by atoms with Crippen LogP contribution >= 0.6 is 15.9 Å². The average molecular weight is 514 g/mol. The number of alkyl halides is 3. The third-order valence-electron chi connectivity index (χ3n) is 5.37. The number of H-pyrrole nitrogens is 1. The van der Waals surface area contributed by atoms with Crippen LogP contribution in [0.15, 0.2) is 39.7 Å². The van der Waals surface area contributed by atoms with Crippen molar-refractivity contribution in [3.8, 4) is 0 Å². The molecular weight excluding hydrogens is 495 g/mol. The van der Waals surface area contributed by atoms with Crippen LogP contribution in [0.4, 0.5) is 30.6 Å². The Bertz CT molecular complexity index is 1210. The number of hydrogen-bond acceptors (Lipinski definition) is 7. The lowest BCUT2D eigenvalue weighted by atomic mass is 9.93. The maximum absolute atomic E-state index is 13.2. The molecule has 4 rings (SSSR count). The number of piperidine rings is 1. The number of nitrogens with one attached hydrogen (secondary N) is 2. The number of fused-ring (bicyclic) bond motifs is 1. The molecule has 1 aromatic carbocycles. The molecule has 3 aromatic rings. The molecule has 170 valence electrons. The summed E-state index contributed by atoms with van der Waals surface area (Å²) in [4.78, 5) is 25.6. The van der Waals surface area contributed by atoms with Crippen LogP contribution in [0.1, 0.15) is 18.4 Å². The highest BCUT2D eigenvalue weighted by molar-refractivity contribution is 9.10. The predicted molar refractivity (Wildman–Crippen MR) is 116 cm³/mol. The topological polar surface area (TPSA) is 114 Å². The van der Waals surface area contributed by atoms with Gasteiger partial charge in [-0.05, 0) is 37.1 Å². The molecule has 0 aliphatic carbocycles. The molecule has 1 aliphatic rings. The van der Waals surface area contributed by atoms with Gasteiger partial charge >= 0.3 is 6.18 Å². The van der Waals surface area contributed by atoms with Crippen molar-refractivity contribution in [3.05, 3.63) is 50.9 Å². The molecule has 0 radical (unpaired) electrons. The van der Waals surface area contributed by atoms with Gasteiger partial charge in [-0.2, -0.15) is 18.2 Å². The molecule has 4 N–H and O–H groups in total. The van der Waals surface area contributed by atoms with Crippen molar-refractivity contribution < 1.29 is 23.4 Å². The zero-order valence-electron chi connectivity index (χ0n) is 16.6. The number of aromatic nitrogens is 3. The van der Waals surface area contributed by atoms with Crippen molar-refractivity contribution in [2.75, 3.05) is 29.9 Å². The number of anilines is 3. The van der Waals surface area contributed by atoms with E-state index in [9.17, 15) is 28.2 Å². The van der Waals surface area contributed by atoms with Crippen LogP contribution in [0.3, 0.4) is 0 Å². The molecule has 0 amide bonds. The van der Waals surface area contributed by atoms with E-state index >= 15 is 0 Å². The van der Waals surface area contributed by atoms with Crippen molar-refractivity contribution in [1.29, 1.82) is 0 Å². The molecule has 0 unspecified atom stereocenters. The van der Waals surface area contributed by atoms with Crippen molar-refractivity contribution in [1.82, 2.24) is 15.0 Å². The van der Waals surface area contributed by atoms with Gasteiger partial charge in [-0.25, -0.2) is 4.98 Å². The van der Waals surface area contributed by atoms with Crippen molar-refractivity contribution in [3.63, 3.8) is 0 Å². The van der Waals surface area contributed by atoms with E-state index < -0.39 is 22.9 Å². The Morgan fingerprint density at radius 3 is 2.59 bits per heavy atom. The molecule has 0 spiro atoms. The lowest BCUT2D eigenvalue weighted by Crippen LogP contribution is -2.47. The first-order valence-corrected chi connectivity index (χ1v) is 10.5. The van der Waals surface area contributed by atoms with Crippen LogP contribution in [-0.4, -0.2) is 50.5 Å². The largest absolute Gasteiger partial charge is 0.416 e. The minimum absolute atomic E-state index is 0.0565. The van der Waals surface area contributed by atoms with Crippen LogP contribution in [-0.2, 0) is 6.18 Å². The second-order valence-corrected chi connectivity index (χ2v) is 8.58. The standard InChI is InChI=1S/C20H19BrF3N5O3/c21-12-7-11(20(22,23)24)8-13(9-12)26-16-15-14(1-4-25-17(15)31)27-18(28-16)29-5-2-19(32,10-30)3-6-29/h1,4,7-9,30,32H,2-3,5-6,10H2,(H,25,31)(H,26,27,28). The summed E-state index contributed by atoms with van der Waals surface area (Å²) >= 11 is 3.08. The second kappa shape index (κ2) is 8.34. The Hall–Kier alpha value is -2.70. The average Bonchev–Trinajstić information content (AvgIpc) is 2.73. The summed E-state index contributed by atoms with van der Waals surface area (Å²) in [5, 5.41) is 22.5. The summed E-state index contributed by atoms with van der Waals surface area (Å²) in [5.41, 5.74) is -2.11. The monoisotopic (exact) mass is 513 g/mol. The minimum Gasteiger partial charge on any atom is -0.393 e. The van der Waals surface area contributed by atoms with Crippen LogP contribution in [0.2, 0.25) is 0 Å². The van der Waals surface area contributed by atoms with E-state index in [2.05, 4.69) is 36.2 Å². The number of aromatic amines is 1. The number of aliphatic hydroxyl groups excluding tert-OH is 1. The Labute approximate surface area is 188 Å². The highest BCUT2D eigenvalue weighted by Gasteiger charge is 2.33. The van der Waals surface area contributed by atoms with Gasteiger partial charge in [0.2, 0.25) is 5.95 Å². The zero-order chi connectivity index (χ0) is 23.1. The summed E-state index contributed by atoms with van der Waals surface area (Å²) in [6, 6.07) is 4.90. The fourth-order valence-electron chi connectivity index (χ4n) is 3.55. The van der Waals surface area contributed by atoms with Gasteiger partial charge in [-0.1, -0.05) is 15.9 Å². The molecule has 12 heteroatoms. The van der Waals surface area contributed by atoms with Gasteiger partial charge in [0, 0.05) is 29.4 Å². The van der Waals surface area contributed by atoms with Gasteiger partial charge in [0.05, 0.1) is 23.3 Å². The number of rotatable bonds is 4. The number of halogens is 4. The Morgan fingerprint density at radius 2 is 1.94 bits per heavy atom. The number of aliphatic hydroxyl groups is 2. The molecule has 8 nitrogen and oxygen atoms in total. The number of nitrogens with zero attached hydrogens (tertiary/aromatic N) is 3. The van der Waals surface area contributed by atoms with E-state index in [0.29, 0.717) is 31.4 Å². The highest BCUT2D eigenvalue weighted by atomic mass is 79.9. The molecule has 0 atom stereocenters. The van der Waals surface area contributed by atoms with Gasteiger partial charge in [-0.15, -0.1) is 0 Å². The molecule has 0 bridgehead atoms. The van der Waals surface area contributed by atoms with E-state index in [4.69, 9.17) is 0 Å². The number of hydrogen-bond donors (Lipinski definition) is 4. The van der Waals surface area contributed by atoms with Crippen LogP contribution in [0.5, 0.6) is 0 Å². The maximum Gasteiger partial charge on any atom is 0.416 e. The van der Waals surface area contributed by atoms with Gasteiger partial charge in [0.25, 0.3) is 5.56 Å². The molecule has 1 aliphatic heterocycles. The van der Waals surface area contributed by atoms with Gasteiger partial charge in [-0.3, -0.25) is 4.79 Å². The van der Waals surface area contributed by atoms with Crippen molar-refractivity contribution in [2.24, 2.45) is 0 Å². The molecule has 3 heterocycles. The Morgan fingerprint density at radius 1 is 1.22 bits per heavy atom. The minimum atomic E-state index is -4.55. The number of pyridine rings is 1. The molecule has 1 fully saturated rings. The fraction of sp³-hybridized carbons (Fsp3) is 0.350. The first kappa shape index (κ1) is 22.5. The van der Waals surface area contributed by atoms with Crippen LogP contribution in [0, 0.1) is 0 Å². The highest BCUT2D eigenvalue weighted by Crippen LogP contribution is 2.35. The Balaban J connectivity index is 1.76. The second-order valence-electron chi connectivity index (χ2n) is 7.66. The SMILES string of the molecule is O=c1[nH]ccc2nc(N3CCC(O)(CO)CC3)nc(Nc3cc(Br)cc(C(F)(F)F)c3)c12. The summed E-state index contributed by atoms with van der Waals surface area (Å²) in [5.74, 6) is 0.317. The van der Waals surface area contributed by atoms with Crippen molar-refractivity contribution >= 4 is 44.3 Å². The molecule has 0 saturated carbocycles. The first-order chi connectivity index (χ1) is 15.1. The number of benzene rings is 1. The quantitative estimate of drug-likeness (QED) is 0.423. The van der Waals surface area contributed by atoms with Gasteiger partial charge < -0.3 is 25.4 Å². The third kappa shape index (κ3) is 4.57. The fourth-order valence-corrected chi connectivity index (χ4v) is 4.05. The van der Waals surface area contributed by atoms with Gasteiger partial charge in [0.1, 0.15) is 11.2 Å². The van der Waals surface area contributed by atoms with E-state index in [1.165, 1.54) is 12.3 Å². The van der Waals surface area contributed by atoms with E-state index in [-0.39, 0.29) is 33.9 Å². The van der Waals surface area contributed by atoms with E-state index in [1.807, 2.05) is 0 Å². The maximum atomic E-state index is 13.2. The third-order valence-corrected chi connectivity index (χ3v) is 5.82. The normalized spacial score (nSPS) is 16.4. The summed E-state index contributed by atoms with van der Waals surface area (Å²) < 4.78 is 39.9. The van der Waals surface area contributed by atoms with Crippen molar-refractivity contribution in [2.45, 2.75) is 24.6 Å². The molecular formula is C20H19BrF3N5O3. The van der Waals surface area contributed by atoms with Gasteiger partial charge in [0.15, 0.2) is 0 Å². The first-order valence-electron chi connectivity index (χ1n) is 9.70. The summed E-state index contributed by atoms with van der Waals surface area (Å²) in [6.07, 6.45) is -2.53. The lowest BCUT2D eigenvalue weighted by Gasteiger charge is -2.37. The molecule has 2 aromatic heterocycles. The predicted octanol–water partition coefficient (Wildman–Crippen LogP) is 3.17. The molecule has 32 heavy (non-hydrogen) atoms. The molecule has 1 saturated heterocycles.